The molecule has 0 bridgehead atoms. The van der Waals surface area contributed by atoms with E-state index in [1.807, 2.05) is 0 Å². The summed E-state index contributed by atoms with van der Waals surface area (Å²) in [4.78, 5) is 16.0. The molecule has 136 valence electrons. The van der Waals surface area contributed by atoms with Crippen molar-refractivity contribution in [1.29, 1.82) is 5.26 Å². The summed E-state index contributed by atoms with van der Waals surface area (Å²) in [7, 11) is 0. The summed E-state index contributed by atoms with van der Waals surface area (Å²) in [6.45, 7) is 0.164. The van der Waals surface area contributed by atoms with Crippen LogP contribution in [0.2, 0.25) is 0 Å². The van der Waals surface area contributed by atoms with Crippen LogP contribution in [0.15, 0.2) is 59.1 Å². The largest absolute Gasteiger partial charge is 0.341 e. The Morgan fingerprint density at radius 3 is 2.48 bits per heavy atom. The highest BCUT2D eigenvalue weighted by Gasteiger charge is 2.39. The predicted molar refractivity (Wildman–Crippen MR) is 99.4 cm³/mol. The molecule has 0 saturated carbocycles. The number of para-hydroxylation sites is 1. The number of nitrogens with zero attached hydrogens (tertiary/aromatic N) is 3. The molecule has 2 heterocycles. The number of rotatable bonds is 2. The molecule has 2 aromatic rings. The number of carbonyl (C=O) groups excluding carboxylic acids is 1. The molecule has 0 N–H and O–H groups in total. The van der Waals surface area contributed by atoms with Crippen molar-refractivity contribution in [2.75, 3.05) is 17.4 Å². The number of fused-ring (bicyclic) bond motifs is 1. The van der Waals surface area contributed by atoms with E-state index < -0.39 is 11.7 Å². The van der Waals surface area contributed by atoms with Crippen LogP contribution < -0.4 is 4.90 Å². The molecular weight excluding hydrogens is 368 g/mol. The topological polar surface area (TPSA) is 47.3 Å². The minimum absolute atomic E-state index is 0.0129. The fourth-order valence-electron chi connectivity index (χ4n) is 3.45. The second-order valence-electron chi connectivity index (χ2n) is 6.34. The quantitative estimate of drug-likeness (QED) is 0.780. The maximum Gasteiger partial charge on any atom is 0.229 e. The Hall–Kier alpha value is -2.85. The monoisotopic (exact) mass is 383 g/mol. The van der Waals surface area contributed by atoms with Gasteiger partial charge in [0, 0.05) is 12.3 Å². The third-order valence-corrected chi connectivity index (χ3v) is 5.92. The lowest BCUT2D eigenvalue weighted by Crippen LogP contribution is -2.47. The zero-order valence-electron chi connectivity index (χ0n) is 14.2. The van der Waals surface area contributed by atoms with Crippen molar-refractivity contribution in [2.45, 2.75) is 12.3 Å². The minimum atomic E-state index is -0.595. The van der Waals surface area contributed by atoms with Crippen LogP contribution >= 0.6 is 11.8 Å². The van der Waals surface area contributed by atoms with Crippen molar-refractivity contribution < 1.29 is 13.6 Å². The van der Waals surface area contributed by atoms with Crippen molar-refractivity contribution >= 4 is 23.4 Å². The van der Waals surface area contributed by atoms with Crippen LogP contribution in [-0.4, -0.2) is 23.4 Å². The molecule has 1 atom stereocenters. The number of amides is 1. The highest BCUT2D eigenvalue weighted by molar-refractivity contribution is 8.03. The minimum Gasteiger partial charge on any atom is -0.341 e. The first-order chi connectivity index (χ1) is 13.1. The number of anilines is 1. The Balaban J connectivity index is 1.70. The second kappa shape index (κ2) is 7.05. The van der Waals surface area contributed by atoms with Crippen LogP contribution in [0.25, 0.3) is 0 Å². The van der Waals surface area contributed by atoms with Gasteiger partial charge in [-0.15, -0.1) is 0 Å². The molecule has 27 heavy (non-hydrogen) atoms. The Kier molecular flexibility index (Phi) is 4.58. The first-order valence-electron chi connectivity index (χ1n) is 8.41. The van der Waals surface area contributed by atoms with E-state index in [9.17, 15) is 18.8 Å². The van der Waals surface area contributed by atoms with Crippen molar-refractivity contribution in [3.05, 3.63) is 76.3 Å². The number of nitriles is 1. The number of hydrogen-bond acceptors (Lipinski definition) is 4. The summed E-state index contributed by atoms with van der Waals surface area (Å²) in [6.07, 6.45) is 0.0129. The van der Waals surface area contributed by atoms with E-state index in [2.05, 4.69) is 6.07 Å². The van der Waals surface area contributed by atoms with Crippen molar-refractivity contribution in [1.82, 2.24) is 4.90 Å². The van der Waals surface area contributed by atoms with Crippen LogP contribution in [0.1, 0.15) is 17.9 Å². The number of hydrogen-bond donors (Lipinski definition) is 0. The van der Waals surface area contributed by atoms with Gasteiger partial charge < -0.3 is 4.90 Å². The lowest BCUT2D eigenvalue weighted by molar-refractivity contribution is -0.129. The van der Waals surface area contributed by atoms with Gasteiger partial charge in [0.15, 0.2) is 0 Å². The normalized spacial score (nSPS) is 19.7. The zero-order valence-corrected chi connectivity index (χ0v) is 15.0. The molecule has 2 aliphatic heterocycles. The zero-order chi connectivity index (χ0) is 19.0. The molecule has 2 aromatic carbocycles. The molecule has 0 spiro atoms. The first-order valence-corrected chi connectivity index (χ1v) is 9.40. The fraction of sp³-hybridized carbons (Fsp3) is 0.200. The Morgan fingerprint density at radius 1 is 1.07 bits per heavy atom. The van der Waals surface area contributed by atoms with E-state index >= 15 is 0 Å². The van der Waals surface area contributed by atoms with Crippen LogP contribution in [-0.2, 0) is 4.79 Å². The van der Waals surface area contributed by atoms with Gasteiger partial charge in [-0.2, -0.15) is 5.26 Å². The summed E-state index contributed by atoms with van der Waals surface area (Å²) in [5.74, 6) is -1.19. The van der Waals surface area contributed by atoms with Gasteiger partial charge in [-0.25, -0.2) is 8.78 Å². The standard InChI is InChI=1S/C20H15F2N3OS/c21-16-6-2-1-5-13(16)14-9-19(26)25-11-24(12-27-20(25)15(14)10-23)18-8-4-3-7-17(18)22/h1-8,14H,9,11-12H2. The fourth-order valence-corrected chi connectivity index (χ4v) is 4.60. The average Bonchev–Trinajstić information content (AvgIpc) is 2.68. The summed E-state index contributed by atoms with van der Waals surface area (Å²) >= 11 is 1.30. The maximum absolute atomic E-state index is 14.2. The molecule has 4 rings (SSSR count). The van der Waals surface area contributed by atoms with E-state index in [0.29, 0.717) is 27.7 Å². The molecule has 1 unspecified atom stereocenters. The van der Waals surface area contributed by atoms with E-state index in [0.717, 1.165) is 0 Å². The number of benzene rings is 2. The molecule has 2 aliphatic rings. The lowest BCUT2D eigenvalue weighted by atomic mass is 9.86. The summed E-state index contributed by atoms with van der Waals surface area (Å²) < 4.78 is 28.4. The van der Waals surface area contributed by atoms with E-state index in [1.165, 1.54) is 28.8 Å². The Labute approximate surface area is 159 Å². The first kappa shape index (κ1) is 17.6. The van der Waals surface area contributed by atoms with Crippen LogP contribution in [0, 0.1) is 23.0 Å². The van der Waals surface area contributed by atoms with E-state index in [-0.39, 0.29) is 24.8 Å². The van der Waals surface area contributed by atoms with Crippen LogP contribution in [0.5, 0.6) is 0 Å². The second-order valence-corrected chi connectivity index (χ2v) is 7.27. The third kappa shape index (κ3) is 3.06. The number of carbonyl (C=O) groups is 1. The van der Waals surface area contributed by atoms with Crippen molar-refractivity contribution in [3.63, 3.8) is 0 Å². The van der Waals surface area contributed by atoms with Crippen molar-refractivity contribution in [3.8, 4) is 6.07 Å². The number of thioether (sulfide) groups is 1. The molecule has 0 aromatic heterocycles. The maximum atomic E-state index is 14.2. The number of halogens is 2. The molecule has 1 fully saturated rings. The lowest BCUT2D eigenvalue weighted by Gasteiger charge is -2.42. The van der Waals surface area contributed by atoms with Crippen molar-refractivity contribution in [2.24, 2.45) is 0 Å². The summed E-state index contributed by atoms with van der Waals surface area (Å²) in [6, 6.07) is 14.8. The van der Waals surface area contributed by atoms with Gasteiger partial charge in [-0.3, -0.25) is 9.69 Å². The molecule has 1 amide bonds. The average molecular weight is 383 g/mol. The molecule has 4 nitrogen and oxygen atoms in total. The molecular formula is C20H15F2N3OS. The van der Waals surface area contributed by atoms with Gasteiger partial charge in [-0.05, 0) is 23.8 Å². The van der Waals surface area contributed by atoms with Crippen LogP contribution in [0.4, 0.5) is 14.5 Å². The Morgan fingerprint density at radius 2 is 1.78 bits per heavy atom. The van der Waals surface area contributed by atoms with Crippen LogP contribution in [0.3, 0.4) is 0 Å². The summed E-state index contributed by atoms with van der Waals surface area (Å²) in [5.41, 5.74) is 1.15. The molecule has 1 saturated heterocycles. The molecule has 0 aliphatic carbocycles. The number of allylic oxidation sites excluding steroid dienone is 1. The van der Waals surface area contributed by atoms with Gasteiger partial charge in [0.2, 0.25) is 5.91 Å². The molecule has 7 heteroatoms. The highest BCUT2D eigenvalue weighted by Crippen LogP contribution is 2.43. The van der Waals surface area contributed by atoms with Gasteiger partial charge >= 0.3 is 0 Å². The van der Waals surface area contributed by atoms with Gasteiger partial charge in [-0.1, -0.05) is 42.1 Å². The SMILES string of the molecule is N#CC1=C2SCN(c3ccccc3F)CN2C(=O)CC1c1ccccc1F. The van der Waals surface area contributed by atoms with Gasteiger partial charge in [0.1, 0.15) is 11.6 Å². The van der Waals surface area contributed by atoms with E-state index in [4.69, 9.17) is 0 Å². The van der Waals surface area contributed by atoms with Gasteiger partial charge in [0.05, 0.1) is 34.9 Å². The smallest absolute Gasteiger partial charge is 0.229 e. The van der Waals surface area contributed by atoms with E-state index in [1.54, 1.807) is 41.3 Å². The van der Waals surface area contributed by atoms with Gasteiger partial charge in [0.25, 0.3) is 0 Å². The highest BCUT2D eigenvalue weighted by atomic mass is 32.2. The third-order valence-electron chi connectivity index (χ3n) is 4.77. The summed E-state index contributed by atoms with van der Waals surface area (Å²) in [5, 5.41) is 10.2. The predicted octanol–water partition coefficient (Wildman–Crippen LogP) is 4.18. The Bertz CT molecular complexity index is 985. The molecule has 0 radical (unpaired) electrons.